The molecule has 1 aliphatic rings. The number of carboxylic acids is 2. The molecule has 0 bridgehead atoms. The van der Waals surface area contributed by atoms with E-state index in [9.17, 15) is 29.1 Å². The lowest BCUT2D eigenvalue weighted by atomic mass is 10.1. The first-order valence-electron chi connectivity index (χ1n) is 9.83. The van der Waals surface area contributed by atoms with Crippen LogP contribution in [0.25, 0.3) is 0 Å². The number of thioether (sulfide) groups is 1. The molecular formula is C18H30N4O8S. The number of hydrogen-bond donors (Lipinski definition) is 6. The maximum Gasteiger partial charge on any atom is 0.326 e. The van der Waals surface area contributed by atoms with Crippen molar-refractivity contribution < 1.29 is 39.3 Å². The minimum Gasteiger partial charge on any atom is -0.481 e. The molecule has 1 heterocycles. The van der Waals surface area contributed by atoms with E-state index >= 15 is 0 Å². The zero-order valence-corrected chi connectivity index (χ0v) is 18.1. The summed E-state index contributed by atoms with van der Waals surface area (Å²) in [6, 6.07) is -4.57. The molecule has 0 spiro atoms. The van der Waals surface area contributed by atoms with Gasteiger partial charge in [0, 0.05) is 13.0 Å². The van der Waals surface area contributed by atoms with Gasteiger partial charge in [-0.1, -0.05) is 0 Å². The van der Waals surface area contributed by atoms with Crippen LogP contribution in [0.2, 0.25) is 0 Å². The fourth-order valence-electron chi connectivity index (χ4n) is 3.16. The molecule has 0 radical (unpaired) electrons. The van der Waals surface area contributed by atoms with Gasteiger partial charge in [0.25, 0.3) is 0 Å². The Kier molecular flexibility index (Phi) is 11.3. The number of carbonyl (C=O) groups excluding carboxylic acids is 3. The van der Waals surface area contributed by atoms with E-state index in [4.69, 9.17) is 15.9 Å². The van der Waals surface area contributed by atoms with Gasteiger partial charge < -0.3 is 36.6 Å². The highest BCUT2D eigenvalue weighted by Crippen LogP contribution is 2.19. The van der Waals surface area contributed by atoms with Crippen molar-refractivity contribution in [3.8, 4) is 0 Å². The normalized spacial score (nSPS) is 18.7. The van der Waals surface area contributed by atoms with E-state index in [0.717, 1.165) is 0 Å². The monoisotopic (exact) mass is 462 g/mol. The Morgan fingerprint density at radius 3 is 2.35 bits per heavy atom. The van der Waals surface area contributed by atoms with Crippen LogP contribution in [0.3, 0.4) is 0 Å². The maximum absolute atomic E-state index is 12.8. The maximum atomic E-state index is 12.8. The van der Waals surface area contributed by atoms with Crippen LogP contribution in [0.5, 0.6) is 0 Å². The van der Waals surface area contributed by atoms with E-state index in [1.54, 1.807) is 6.26 Å². The van der Waals surface area contributed by atoms with Crippen LogP contribution in [-0.2, 0) is 24.0 Å². The van der Waals surface area contributed by atoms with E-state index in [2.05, 4.69) is 10.6 Å². The minimum absolute atomic E-state index is 0.159. The summed E-state index contributed by atoms with van der Waals surface area (Å²) >= 11 is 1.40. The van der Waals surface area contributed by atoms with Gasteiger partial charge in [0.2, 0.25) is 17.7 Å². The number of carboxylic acid groups (broad SMARTS) is 2. The number of aliphatic hydroxyl groups is 1. The molecule has 1 rings (SSSR count). The second-order valence-corrected chi connectivity index (χ2v) is 8.14. The van der Waals surface area contributed by atoms with Gasteiger partial charge in [-0.05, 0) is 37.7 Å². The predicted molar refractivity (Wildman–Crippen MR) is 111 cm³/mol. The third-order valence-corrected chi connectivity index (χ3v) is 5.50. The highest BCUT2D eigenvalue weighted by Gasteiger charge is 2.37. The van der Waals surface area contributed by atoms with Gasteiger partial charge in [-0.2, -0.15) is 11.8 Å². The molecule has 0 aromatic carbocycles. The Morgan fingerprint density at radius 1 is 1.13 bits per heavy atom. The number of amides is 3. The summed E-state index contributed by atoms with van der Waals surface area (Å²) in [5, 5.41) is 32.1. The molecule has 1 fully saturated rings. The Morgan fingerprint density at radius 2 is 1.81 bits per heavy atom. The number of hydrogen-bond acceptors (Lipinski definition) is 8. The first kappa shape index (κ1) is 26.7. The Balaban J connectivity index is 2.90. The number of rotatable bonds is 13. The Labute approximate surface area is 183 Å². The van der Waals surface area contributed by atoms with E-state index in [0.29, 0.717) is 18.6 Å². The lowest BCUT2D eigenvalue weighted by molar-refractivity contribution is -0.144. The van der Waals surface area contributed by atoms with Crippen LogP contribution in [-0.4, -0.2) is 99.2 Å². The topological polar surface area (TPSA) is 199 Å². The molecule has 0 aromatic heterocycles. The molecule has 0 aliphatic carbocycles. The van der Waals surface area contributed by atoms with Crippen molar-refractivity contribution in [3.63, 3.8) is 0 Å². The first-order chi connectivity index (χ1) is 14.6. The van der Waals surface area contributed by atoms with Crippen molar-refractivity contribution in [2.24, 2.45) is 5.73 Å². The van der Waals surface area contributed by atoms with Crippen molar-refractivity contribution in [2.45, 2.75) is 56.3 Å². The Hall–Kier alpha value is -2.38. The average Bonchev–Trinajstić information content (AvgIpc) is 3.22. The third kappa shape index (κ3) is 8.34. The van der Waals surface area contributed by atoms with Crippen molar-refractivity contribution in [2.75, 3.05) is 25.2 Å². The second kappa shape index (κ2) is 13.1. The van der Waals surface area contributed by atoms with Crippen molar-refractivity contribution in [3.05, 3.63) is 0 Å². The SMILES string of the molecule is CSCCC(NC(=O)C(CCC(=O)O)NC(=O)C1CCCN1C(=O)C(N)CO)C(=O)O. The molecule has 0 saturated carbocycles. The van der Waals surface area contributed by atoms with Gasteiger partial charge in [0.15, 0.2) is 0 Å². The highest BCUT2D eigenvalue weighted by atomic mass is 32.2. The molecule has 1 aliphatic heterocycles. The van der Waals surface area contributed by atoms with E-state index in [1.165, 1.54) is 16.7 Å². The number of aliphatic carboxylic acids is 2. The average molecular weight is 463 g/mol. The van der Waals surface area contributed by atoms with Gasteiger partial charge >= 0.3 is 11.9 Å². The number of nitrogens with zero attached hydrogens (tertiary/aromatic N) is 1. The van der Waals surface area contributed by atoms with Crippen molar-refractivity contribution in [1.29, 1.82) is 0 Å². The van der Waals surface area contributed by atoms with Gasteiger partial charge in [0.1, 0.15) is 24.2 Å². The van der Waals surface area contributed by atoms with Crippen LogP contribution in [0.15, 0.2) is 0 Å². The fraction of sp³-hybridized carbons (Fsp3) is 0.722. The molecule has 0 aromatic rings. The van der Waals surface area contributed by atoms with Gasteiger partial charge in [-0.3, -0.25) is 19.2 Å². The molecular weight excluding hydrogens is 432 g/mol. The lowest BCUT2D eigenvalue weighted by Gasteiger charge is -2.28. The molecule has 1 saturated heterocycles. The van der Waals surface area contributed by atoms with Crippen LogP contribution < -0.4 is 16.4 Å². The molecule has 13 heteroatoms. The largest absolute Gasteiger partial charge is 0.481 e. The zero-order valence-electron chi connectivity index (χ0n) is 17.3. The quantitative estimate of drug-likeness (QED) is 0.177. The number of aliphatic hydroxyl groups excluding tert-OH is 1. The summed E-state index contributed by atoms with van der Waals surface area (Å²) in [5.74, 6) is -4.03. The highest BCUT2D eigenvalue weighted by molar-refractivity contribution is 7.98. The van der Waals surface area contributed by atoms with Crippen LogP contribution in [0, 0.1) is 0 Å². The van der Waals surface area contributed by atoms with Gasteiger partial charge in [-0.25, -0.2) is 4.79 Å². The molecule has 4 atom stereocenters. The van der Waals surface area contributed by atoms with Crippen molar-refractivity contribution in [1.82, 2.24) is 15.5 Å². The van der Waals surface area contributed by atoms with Crippen molar-refractivity contribution >= 4 is 41.4 Å². The summed E-state index contributed by atoms with van der Waals surface area (Å²) in [5.41, 5.74) is 5.55. The Bertz CT molecular complexity index is 677. The second-order valence-electron chi connectivity index (χ2n) is 7.15. The first-order valence-corrected chi connectivity index (χ1v) is 11.2. The van der Waals surface area contributed by atoms with E-state index < -0.39 is 66.9 Å². The lowest BCUT2D eigenvalue weighted by Crippen LogP contribution is -2.57. The van der Waals surface area contributed by atoms with E-state index in [1.807, 2.05) is 0 Å². The number of nitrogens with one attached hydrogen (secondary N) is 2. The standard InChI is InChI=1S/C18H30N4O8S/c1-31-8-6-12(18(29)30)21-15(26)11(4-5-14(24)25)20-16(27)13-3-2-7-22(13)17(28)10(19)9-23/h10-13,23H,2-9,19H2,1H3,(H,20,27)(H,21,26)(H,24,25)(H,29,30). The molecule has 12 nitrogen and oxygen atoms in total. The van der Waals surface area contributed by atoms with Crippen LogP contribution in [0.1, 0.15) is 32.1 Å². The van der Waals surface area contributed by atoms with Crippen LogP contribution >= 0.6 is 11.8 Å². The summed E-state index contributed by atoms with van der Waals surface area (Å²) in [6.07, 6.45) is 2.10. The van der Waals surface area contributed by atoms with E-state index in [-0.39, 0.29) is 19.4 Å². The minimum atomic E-state index is -1.29. The fourth-order valence-corrected chi connectivity index (χ4v) is 3.64. The molecule has 4 unspecified atom stereocenters. The smallest absolute Gasteiger partial charge is 0.326 e. The summed E-state index contributed by atoms with van der Waals surface area (Å²) < 4.78 is 0. The zero-order chi connectivity index (χ0) is 23.6. The number of nitrogens with two attached hydrogens (primary N) is 1. The summed E-state index contributed by atoms with van der Waals surface area (Å²) in [4.78, 5) is 61.3. The molecule has 31 heavy (non-hydrogen) atoms. The summed E-state index contributed by atoms with van der Waals surface area (Å²) in [7, 11) is 0. The number of likely N-dealkylation sites (tertiary alicyclic amines) is 1. The van der Waals surface area contributed by atoms with Crippen LogP contribution in [0.4, 0.5) is 0 Å². The third-order valence-electron chi connectivity index (χ3n) is 4.86. The predicted octanol–water partition coefficient (Wildman–Crippen LogP) is -2.03. The molecule has 176 valence electrons. The van der Waals surface area contributed by atoms with Gasteiger partial charge in [-0.15, -0.1) is 0 Å². The summed E-state index contributed by atoms with van der Waals surface area (Å²) in [6.45, 7) is -0.327. The molecule has 3 amide bonds. The molecule has 7 N–H and O–H groups in total. The van der Waals surface area contributed by atoms with Gasteiger partial charge in [0.05, 0.1) is 6.61 Å². The number of carbonyl (C=O) groups is 5.